The van der Waals surface area contributed by atoms with E-state index < -0.39 is 0 Å². The highest BCUT2D eigenvalue weighted by atomic mass is 16.1. The lowest BCUT2D eigenvalue weighted by Crippen LogP contribution is -2.48. The van der Waals surface area contributed by atoms with Crippen molar-refractivity contribution in [3.63, 3.8) is 0 Å². The third-order valence-electron chi connectivity index (χ3n) is 3.52. The van der Waals surface area contributed by atoms with Gasteiger partial charge in [0.15, 0.2) is 0 Å². The van der Waals surface area contributed by atoms with Crippen LogP contribution in [0.5, 0.6) is 0 Å². The Labute approximate surface area is 91.4 Å². The zero-order chi connectivity index (χ0) is 10.7. The molecule has 2 N–H and O–H groups in total. The van der Waals surface area contributed by atoms with Crippen molar-refractivity contribution < 1.29 is 4.79 Å². The van der Waals surface area contributed by atoms with Gasteiger partial charge in [-0.1, -0.05) is 0 Å². The van der Waals surface area contributed by atoms with Gasteiger partial charge in [0.2, 0.25) is 5.91 Å². The summed E-state index contributed by atoms with van der Waals surface area (Å²) in [7, 11) is 1.80. The van der Waals surface area contributed by atoms with Crippen LogP contribution in [0.2, 0.25) is 0 Å². The summed E-state index contributed by atoms with van der Waals surface area (Å²) in [5, 5.41) is 5.99. The number of hydrogen-bond acceptors (Lipinski definition) is 3. The molecule has 0 aromatic carbocycles. The predicted octanol–water partition coefficient (Wildman–Crippen LogP) is -0.0512. The maximum Gasteiger partial charge on any atom is 0.234 e. The van der Waals surface area contributed by atoms with E-state index in [9.17, 15) is 4.79 Å². The molecule has 2 heterocycles. The molecule has 15 heavy (non-hydrogen) atoms. The standard InChI is InChI=1S/C11H21N3O/c1-12-8-11(15)13-9-4-6-14-5-2-3-10(14)7-9/h9-10,12H,2-8H2,1H3,(H,13,15). The van der Waals surface area contributed by atoms with Gasteiger partial charge in [0.25, 0.3) is 0 Å². The molecule has 4 nitrogen and oxygen atoms in total. The van der Waals surface area contributed by atoms with Crippen LogP contribution in [0.3, 0.4) is 0 Å². The first kappa shape index (κ1) is 10.9. The van der Waals surface area contributed by atoms with Crippen molar-refractivity contribution >= 4 is 5.91 Å². The predicted molar refractivity (Wildman–Crippen MR) is 59.7 cm³/mol. The summed E-state index contributed by atoms with van der Waals surface area (Å²) >= 11 is 0. The Morgan fingerprint density at radius 1 is 1.40 bits per heavy atom. The van der Waals surface area contributed by atoms with Crippen LogP contribution in [0.1, 0.15) is 25.7 Å². The molecule has 2 fully saturated rings. The van der Waals surface area contributed by atoms with Crippen molar-refractivity contribution in [2.45, 2.75) is 37.8 Å². The maximum absolute atomic E-state index is 11.4. The van der Waals surface area contributed by atoms with Gasteiger partial charge in [-0.05, 0) is 39.3 Å². The Morgan fingerprint density at radius 3 is 3.07 bits per heavy atom. The molecule has 2 aliphatic rings. The molecule has 2 atom stereocenters. The normalized spacial score (nSPS) is 31.3. The summed E-state index contributed by atoms with van der Waals surface area (Å²) in [5.41, 5.74) is 0. The van der Waals surface area contributed by atoms with Gasteiger partial charge in [0, 0.05) is 18.6 Å². The van der Waals surface area contributed by atoms with Gasteiger partial charge in [-0.2, -0.15) is 0 Å². The van der Waals surface area contributed by atoms with Gasteiger partial charge < -0.3 is 15.5 Å². The van der Waals surface area contributed by atoms with E-state index in [0.717, 1.165) is 25.4 Å². The maximum atomic E-state index is 11.4. The van der Waals surface area contributed by atoms with Crippen LogP contribution in [-0.4, -0.2) is 49.6 Å². The minimum Gasteiger partial charge on any atom is -0.352 e. The van der Waals surface area contributed by atoms with E-state index in [2.05, 4.69) is 15.5 Å². The molecule has 0 aliphatic carbocycles. The van der Waals surface area contributed by atoms with Crippen LogP contribution in [0.4, 0.5) is 0 Å². The quantitative estimate of drug-likeness (QED) is 0.688. The van der Waals surface area contributed by atoms with Crippen molar-refractivity contribution in [2.75, 3.05) is 26.7 Å². The first-order valence-electron chi connectivity index (χ1n) is 5.97. The first-order chi connectivity index (χ1) is 7.29. The molecule has 4 heteroatoms. The molecule has 0 spiro atoms. The smallest absolute Gasteiger partial charge is 0.234 e. The molecule has 2 unspecified atom stereocenters. The van der Waals surface area contributed by atoms with E-state index in [1.807, 2.05) is 0 Å². The fourth-order valence-electron chi connectivity index (χ4n) is 2.79. The molecule has 1 amide bonds. The SMILES string of the molecule is CNCC(=O)NC1CCN2CCCC2C1. The number of amides is 1. The second-order valence-electron chi connectivity index (χ2n) is 4.65. The van der Waals surface area contributed by atoms with E-state index in [1.165, 1.54) is 19.4 Å². The fraction of sp³-hybridized carbons (Fsp3) is 0.909. The Bertz CT molecular complexity index is 232. The Kier molecular flexibility index (Phi) is 3.59. The number of nitrogens with zero attached hydrogens (tertiary/aromatic N) is 1. The van der Waals surface area contributed by atoms with Gasteiger partial charge in [-0.3, -0.25) is 4.79 Å². The van der Waals surface area contributed by atoms with E-state index >= 15 is 0 Å². The van der Waals surface area contributed by atoms with Crippen LogP contribution >= 0.6 is 0 Å². The van der Waals surface area contributed by atoms with Crippen LogP contribution in [0.15, 0.2) is 0 Å². The molecule has 0 aromatic rings. The molecule has 2 rings (SSSR count). The number of rotatable bonds is 3. The highest BCUT2D eigenvalue weighted by molar-refractivity contribution is 5.78. The Balaban J connectivity index is 1.77. The Morgan fingerprint density at radius 2 is 2.27 bits per heavy atom. The minimum atomic E-state index is 0.133. The topological polar surface area (TPSA) is 44.4 Å². The summed E-state index contributed by atoms with van der Waals surface area (Å²) in [4.78, 5) is 14.0. The highest BCUT2D eigenvalue weighted by Crippen LogP contribution is 2.26. The van der Waals surface area contributed by atoms with Crippen LogP contribution < -0.4 is 10.6 Å². The highest BCUT2D eigenvalue weighted by Gasteiger charge is 2.31. The summed E-state index contributed by atoms with van der Waals surface area (Å²) < 4.78 is 0. The van der Waals surface area contributed by atoms with Crippen LogP contribution in [0, 0.1) is 0 Å². The molecule has 0 saturated carbocycles. The van der Waals surface area contributed by atoms with Crippen molar-refractivity contribution in [3.05, 3.63) is 0 Å². The van der Waals surface area contributed by atoms with Gasteiger partial charge in [0.05, 0.1) is 6.54 Å². The fourth-order valence-corrected chi connectivity index (χ4v) is 2.79. The minimum absolute atomic E-state index is 0.133. The summed E-state index contributed by atoms with van der Waals surface area (Å²) in [6.45, 7) is 2.86. The molecular formula is C11H21N3O. The van der Waals surface area contributed by atoms with Crippen molar-refractivity contribution in [1.82, 2.24) is 15.5 Å². The average molecular weight is 211 g/mol. The molecule has 2 aliphatic heterocycles. The molecule has 86 valence electrons. The van der Waals surface area contributed by atoms with E-state index in [1.54, 1.807) is 7.05 Å². The van der Waals surface area contributed by atoms with Crippen molar-refractivity contribution in [1.29, 1.82) is 0 Å². The second kappa shape index (κ2) is 4.94. The Hall–Kier alpha value is -0.610. The first-order valence-corrected chi connectivity index (χ1v) is 5.97. The van der Waals surface area contributed by atoms with Crippen LogP contribution in [-0.2, 0) is 4.79 Å². The lowest BCUT2D eigenvalue weighted by molar-refractivity contribution is -0.121. The van der Waals surface area contributed by atoms with Gasteiger partial charge >= 0.3 is 0 Å². The number of nitrogens with one attached hydrogen (secondary N) is 2. The van der Waals surface area contributed by atoms with E-state index in [4.69, 9.17) is 0 Å². The summed E-state index contributed by atoms with van der Waals surface area (Å²) in [6.07, 6.45) is 4.92. The monoisotopic (exact) mass is 211 g/mol. The van der Waals surface area contributed by atoms with Crippen molar-refractivity contribution in [3.8, 4) is 0 Å². The van der Waals surface area contributed by atoms with E-state index in [-0.39, 0.29) is 5.91 Å². The summed E-state index contributed by atoms with van der Waals surface area (Å²) in [6, 6.07) is 1.14. The zero-order valence-electron chi connectivity index (χ0n) is 9.46. The number of carbonyl (C=O) groups is 1. The zero-order valence-corrected chi connectivity index (χ0v) is 9.46. The molecule has 0 bridgehead atoms. The van der Waals surface area contributed by atoms with Crippen molar-refractivity contribution in [2.24, 2.45) is 0 Å². The third kappa shape index (κ3) is 2.69. The lowest BCUT2D eigenvalue weighted by atomic mass is 9.97. The lowest BCUT2D eigenvalue weighted by Gasteiger charge is -2.35. The van der Waals surface area contributed by atoms with Gasteiger partial charge in [0.1, 0.15) is 0 Å². The number of hydrogen-bond donors (Lipinski definition) is 2. The molecule has 2 saturated heterocycles. The van der Waals surface area contributed by atoms with Gasteiger partial charge in [-0.15, -0.1) is 0 Å². The van der Waals surface area contributed by atoms with Gasteiger partial charge in [-0.25, -0.2) is 0 Å². The molecular weight excluding hydrogens is 190 g/mol. The molecule has 0 radical (unpaired) electrons. The number of carbonyl (C=O) groups excluding carboxylic acids is 1. The van der Waals surface area contributed by atoms with E-state index in [0.29, 0.717) is 12.6 Å². The molecule has 0 aromatic heterocycles. The average Bonchev–Trinajstić information content (AvgIpc) is 2.65. The second-order valence-corrected chi connectivity index (χ2v) is 4.65. The largest absolute Gasteiger partial charge is 0.352 e. The third-order valence-corrected chi connectivity index (χ3v) is 3.52. The van der Waals surface area contributed by atoms with Crippen LogP contribution in [0.25, 0.3) is 0 Å². The summed E-state index contributed by atoms with van der Waals surface area (Å²) in [5.74, 6) is 0.133. The number of likely N-dealkylation sites (N-methyl/N-ethyl adjacent to an activating group) is 1. The number of fused-ring (bicyclic) bond motifs is 1. The number of piperidine rings is 1.